The summed E-state index contributed by atoms with van der Waals surface area (Å²) >= 11 is 2.89. The monoisotopic (exact) mass is 383 g/mol. The number of carbonyl (C=O) groups is 2. The summed E-state index contributed by atoms with van der Waals surface area (Å²) in [6.07, 6.45) is 0.751. The number of rotatable bonds is 4. The first kappa shape index (κ1) is 17.4. The molecular formula is C20H17NO3S2. The molecule has 132 valence electrons. The number of hydrogen-bond acceptors (Lipinski definition) is 6. The molecule has 1 spiro atoms. The molecule has 0 saturated heterocycles. The van der Waals surface area contributed by atoms with E-state index in [0.29, 0.717) is 5.75 Å². The molecule has 1 fully saturated rings. The van der Waals surface area contributed by atoms with Crippen LogP contribution in [-0.4, -0.2) is 21.0 Å². The Labute approximate surface area is 160 Å². The highest BCUT2D eigenvalue weighted by atomic mass is 32.2. The molecule has 1 unspecified atom stereocenters. The zero-order valence-electron chi connectivity index (χ0n) is 14.2. The number of carbonyl (C=O) groups excluding carboxylic acids is 2. The Morgan fingerprint density at radius 1 is 1.23 bits per heavy atom. The first-order chi connectivity index (χ1) is 12.6. The fraction of sp³-hybridized carbons (Fsp3) is 0.250. The summed E-state index contributed by atoms with van der Waals surface area (Å²) in [5.41, 5.74) is 1.70. The molecule has 26 heavy (non-hydrogen) atoms. The van der Waals surface area contributed by atoms with Gasteiger partial charge in [-0.05, 0) is 41.4 Å². The average Bonchev–Trinajstić information content (AvgIpc) is 3.27. The van der Waals surface area contributed by atoms with Crippen molar-refractivity contribution in [3.63, 3.8) is 0 Å². The second-order valence-electron chi connectivity index (χ2n) is 6.39. The van der Waals surface area contributed by atoms with Gasteiger partial charge in [0.15, 0.2) is 0 Å². The second-order valence-corrected chi connectivity index (χ2v) is 8.57. The van der Waals surface area contributed by atoms with Crippen molar-refractivity contribution in [2.24, 2.45) is 4.99 Å². The molecule has 0 aromatic heterocycles. The SMILES string of the molecule is CC(=O)Oc1ccc([C@H]2CC23N=C(SCc2ccccc2)SC3=O)cc1. The smallest absolute Gasteiger partial charge is 0.308 e. The van der Waals surface area contributed by atoms with Gasteiger partial charge in [-0.3, -0.25) is 14.6 Å². The Morgan fingerprint density at radius 3 is 2.65 bits per heavy atom. The van der Waals surface area contributed by atoms with Gasteiger partial charge in [-0.2, -0.15) is 0 Å². The summed E-state index contributed by atoms with van der Waals surface area (Å²) < 4.78 is 5.92. The van der Waals surface area contributed by atoms with E-state index < -0.39 is 5.54 Å². The molecular weight excluding hydrogens is 366 g/mol. The van der Waals surface area contributed by atoms with Crippen molar-refractivity contribution in [3.8, 4) is 5.75 Å². The van der Waals surface area contributed by atoms with Crippen LogP contribution < -0.4 is 4.74 Å². The van der Waals surface area contributed by atoms with Gasteiger partial charge < -0.3 is 4.74 Å². The van der Waals surface area contributed by atoms with Crippen molar-refractivity contribution < 1.29 is 14.3 Å². The predicted octanol–water partition coefficient (Wildman–Crippen LogP) is 4.40. The fourth-order valence-corrected chi connectivity index (χ4v) is 5.27. The quantitative estimate of drug-likeness (QED) is 0.578. The molecule has 2 aliphatic rings. The fourth-order valence-electron chi connectivity index (χ4n) is 3.11. The minimum atomic E-state index is -0.591. The number of esters is 1. The van der Waals surface area contributed by atoms with Gasteiger partial charge in [-0.1, -0.05) is 54.2 Å². The van der Waals surface area contributed by atoms with Crippen LogP contribution in [0.15, 0.2) is 59.6 Å². The standard InChI is InChI=1S/C20H17NO3S2/c1-13(22)24-16-9-7-15(8-10-16)17-11-20(17)18(23)26-19(21-20)25-12-14-5-3-2-4-6-14/h2-10,17H,11-12H2,1H3/t17-,20?/m1/s1. The zero-order chi connectivity index (χ0) is 18.1. The Balaban J connectivity index is 1.43. The van der Waals surface area contributed by atoms with Crippen molar-refractivity contribution in [1.82, 2.24) is 0 Å². The Kier molecular flexibility index (Phi) is 4.63. The maximum atomic E-state index is 12.5. The third-order valence-corrected chi connectivity index (χ3v) is 6.73. The number of benzene rings is 2. The van der Waals surface area contributed by atoms with E-state index >= 15 is 0 Å². The highest BCUT2D eigenvalue weighted by molar-refractivity contribution is 8.45. The molecule has 1 heterocycles. The Bertz CT molecular complexity index is 880. The molecule has 2 aromatic rings. The molecule has 4 rings (SSSR count). The molecule has 1 aliphatic heterocycles. The van der Waals surface area contributed by atoms with Crippen molar-refractivity contribution >= 4 is 39.0 Å². The van der Waals surface area contributed by atoms with Crippen LogP contribution in [0.5, 0.6) is 5.75 Å². The average molecular weight is 383 g/mol. The first-order valence-electron chi connectivity index (χ1n) is 8.34. The van der Waals surface area contributed by atoms with Gasteiger partial charge in [0.1, 0.15) is 15.7 Å². The van der Waals surface area contributed by atoms with E-state index in [1.807, 2.05) is 30.3 Å². The minimum absolute atomic E-state index is 0.115. The molecule has 1 aliphatic carbocycles. The summed E-state index contributed by atoms with van der Waals surface area (Å²) in [7, 11) is 0. The highest BCUT2D eigenvalue weighted by Crippen LogP contribution is 2.60. The number of ether oxygens (including phenoxy) is 1. The van der Waals surface area contributed by atoms with Gasteiger partial charge in [0.2, 0.25) is 5.12 Å². The number of aliphatic imine (C=N–C) groups is 1. The summed E-state index contributed by atoms with van der Waals surface area (Å²) in [6.45, 7) is 1.38. The molecule has 0 radical (unpaired) electrons. The number of thioether (sulfide) groups is 2. The van der Waals surface area contributed by atoms with E-state index in [1.165, 1.54) is 24.2 Å². The molecule has 2 atom stereocenters. The zero-order valence-corrected chi connectivity index (χ0v) is 15.8. The van der Waals surface area contributed by atoms with Crippen LogP contribution in [-0.2, 0) is 15.3 Å². The van der Waals surface area contributed by atoms with Gasteiger partial charge in [0, 0.05) is 18.6 Å². The van der Waals surface area contributed by atoms with E-state index in [-0.39, 0.29) is 17.0 Å². The van der Waals surface area contributed by atoms with E-state index in [1.54, 1.807) is 23.9 Å². The van der Waals surface area contributed by atoms with E-state index in [4.69, 9.17) is 9.73 Å². The molecule has 6 heteroatoms. The Morgan fingerprint density at radius 2 is 1.96 bits per heavy atom. The van der Waals surface area contributed by atoms with E-state index in [2.05, 4.69) is 12.1 Å². The third kappa shape index (κ3) is 3.44. The molecule has 2 aromatic carbocycles. The molecule has 4 nitrogen and oxygen atoms in total. The molecule has 0 N–H and O–H groups in total. The van der Waals surface area contributed by atoms with Crippen LogP contribution in [0.25, 0.3) is 0 Å². The Hall–Kier alpha value is -2.05. The summed E-state index contributed by atoms with van der Waals surface area (Å²) in [6, 6.07) is 17.6. The van der Waals surface area contributed by atoms with Crippen molar-refractivity contribution in [2.45, 2.75) is 30.6 Å². The summed E-state index contributed by atoms with van der Waals surface area (Å²) in [4.78, 5) is 28.3. The van der Waals surface area contributed by atoms with Crippen molar-refractivity contribution in [1.29, 1.82) is 0 Å². The van der Waals surface area contributed by atoms with Crippen LogP contribution in [0.3, 0.4) is 0 Å². The van der Waals surface area contributed by atoms with Gasteiger partial charge in [-0.15, -0.1) is 0 Å². The van der Waals surface area contributed by atoms with Crippen LogP contribution in [0.1, 0.15) is 30.4 Å². The van der Waals surface area contributed by atoms with Crippen LogP contribution >= 0.6 is 23.5 Å². The van der Waals surface area contributed by atoms with Gasteiger partial charge in [0.05, 0.1) is 0 Å². The van der Waals surface area contributed by atoms with E-state index in [9.17, 15) is 9.59 Å². The first-order valence-corrected chi connectivity index (χ1v) is 10.1. The lowest BCUT2D eigenvalue weighted by molar-refractivity contribution is -0.131. The number of hydrogen-bond donors (Lipinski definition) is 0. The number of nitrogens with zero attached hydrogens (tertiary/aromatic N) is 1. The maximum Gasteiger partial charge on any atom is 0.308 e. The lowest BCUT2D eigenvalue weighted by atomic mass is 10.1. The minimum Gasteiger partial charge on any atom is -0.427 e. The van der Waals surface area contributed by atoms with Gasteiger partial charge >= 0.3 is 5.97 Å². The molecule has 0 bridgehead atoms. The van der Waals surface area contributed by atoms with Crippen LogP contribution in [0, 0.1) is 0 Å². The normalized spacial score (nSPS) is 23.8. The summed E-state index contributed by atoms with van der Waals surface area (Å²) in [5.74, 6) is 1.11. The highest BCUT2D eigenvalue weighted by Gasteiger charge is 2.63. The third-order valence-electron chi connectivity index (χ3n) is 4.51. The van der Waals surface area contributed by atoms with Crippen LogP contribution in [0.2, 0.25) is 0 Å². The largest absolute Gasteiger partial charge is 0.427 e. The second kappa shape index (κ2) is 6.93. The lowest BCUT2D eigenvalue weighted by Gasteiger charge is -2.05. The van der Waals surface area contributed by atoms with Crippen molar-refractivity contribution in [3.05, 3.63) is 65.7 Å². The molecule has 0 amide bonds. The van der Waals surface area contributed by atoms with Gasteiger partial charge in [-0.25, -0.2) is 0 Å². The summed E-state index contributed by atoms with van der Waals surface area (Å²) in [5, 5.41) is 0.141. The topological polar surface area (TPSA) is 55.7 Å². The maximum absolute atomic E-state index is 12.5. The van der Waals surface area contributed by atoms with Crippen LogP contribution in [0.4, 0.5) is 0 Å². The van der Waals surface area contributed by atoms with E-state index in [0.717, 1.165) is 22.1 Å². The van der Waals surface area contributed by atoms with Gasteiger partial charge in [0.25, 0.3) is 0 Å². The van der Waals surface area contributed by atoms with Crippen molar-refractivity contribution in [2.75, 3.05) is 0 Å². The lowest BCUT2D eigenvalue weighted by Crippen LogP contribution is -2.14. The predicted molar refractivity (Wildman–Crippen MR) is 106 cm³/mol. The molecule has 1 saturated carbocycles.